The first-order chi connectivity index (χ1) is 9.84. The minimum absolute atomic E-state index is 0.0155. The van der Waals surface area contributed by atoms with Crippen molar-refractivity contribution in [3.05, 3.63) is 11.5 Å². The number of anilines is 1. The maximum Gasteiger partial charge on any atom is 0.223 e. The highest BCUT2D eigenvalue weighted by Crippen LogP contribution is 2.27. The van der Waals surface area contributed by atoms with E-state index in [1.807, 2.05) is 4.57 Å². The van der Waals surface area contributed by atoms with E-state index in [0.717, 1.165) is 12.1 Å². The van der Waals surface area contributed by atoms with Gasteiger partial charge in [-0.2, -0.15) is 9.97 Å². The predicted molar refractivity (Wildman–Crippen MR) is 81.1 cm³/mol. The van der Waals surface area contributed by atoms with Crippen molar-refractivity contribution >= 4 is 34.4 Å². The third-order valence-corrected chi connectivity index (χ3v) is 3.70. The summed E-state index contributed by atoms with van der Waals surface area (Å²) in [5.74, 6) is 0.133. The van der Waals surface area contributed by atoms with Crippen LogP contribution in [0.5, 0.6) is 0 Å². The topological polar surface area (TPSA) is 91.2 Å². The van der Waals surface area contributed by atoms with Crippen molar-refractivity contribution in [3.8, 4) is 0 Å². The molecule has 21 heavy (non-hydrogen) atoms. The molecule has 112 valence electrons. The third-order valence-electron chi connectivity index (χ3n) is 3.44. The molecule has 2 N–H and O–H groups in total. The molecule has 1 aliphatic rings. The van der Waals surface area contributed by atoms with E-state index < -0.39 is 0 Å². The van der Waals surface area contributed by atoms with Gasteiger partial charge in [0.05, 0.1) is 18.6 Å². The summed E-state index contributed by atoms with van der Waals surface area (Å²) in [6.07, 6.45) is 2.42. The van der Waals surface area contributed by atoms with E-state index in [1.54, 1.807) is 6.33 Å². The van der Waals surface area contributed by atoms with Crippen LogP contribution in [0.25, 0.3) is 11.2 Å². The Morgan fingerprint density at radius 2 is 2.19 bits per heavy atom. The molecule has 0 amide bonds. The molecule has 0 fully saturated rings. The van der Waals surface area contributed by atoms with Crippen molar-refractivity contribution in [1.29, 1.82) is 0 Å². The van der Waals surface area contributed by atoms with Crippen LogP contribution in [0, 0.1) is 5.41 Å². The number of oxime groups is 1. The van der Waals surface area contributed by atoms with E-state index in [9.17, 15) is 0 Å². The first-order valence-corrected chi connectivity index (χ1v) is 7.09. The van der Waals surface area contributed by atoms with E-state index in [4.69, 9.17) is 22.2 Å². The molecule has 0 spiro atoms. The molecule has 2 aromatic heterocycles. The van der Waals surface area contributed by atoms with Gasteiger partial charge in [-0.05, 0) is 0 Å². The highest BCUT2D eigenvalue weighted by Gasteiger charge is 2.30. The Kier molecular flexibility index (Phi) is 3.24. The van der Waals surface area contributed by atoms with E-state index >= 15 is 0 Å². The van der Waals surface area contributed by atoms with Gasteiger partial charge in [-0.3, -0.25) is 0 Å². The molecule has 2 aromatic rings. The molecule has 0 saturated heterocycles. The molecule has 1 unspecified atom stereocenters. The second-order valence-corrected chi connectivity index (χ2v) is 6.52. The summed E-state index contributed by atoms with van der Waals surface area (Å²) in [5.41, 5.74) is 7.87. The summed E-state index contributed by atoms with van der Waals surface area (Å²) < 4.78 is 1.87. The summed E-state index contributed by atoms with van der Waals surface area (Å²) in [7, 11) is 0. The van der Waals surface area contributed by atoms with Crippen molar-refractivity contribution in [2.75, 3.05) is 5.73 Å². The van der Waals surface area contributed by atoms with Crippen molar-refractivity contribution in [3.63, 3.8) is 0 Å². The zero-order valence-electron chi connectivity index (χ0n) is 12.2. The molecule has 0 bridgehead atoms. The molecule has 1 atom stereocenters. The highest BCUT2D eigenvalue weighted by atomic mass is 35.5. The average molecular weight is 309 g/mol. The number of nitrogens with two attached hydrogens (primary N) is 1. The van der Waals surface area contributed by atoms with Crippen LogP contribution < -0.4 is 5.73 Å². The van der Waals surface area contributed by atoms with Gasteiger partial charge < -0.3 is 15.1 Å². The second-order valence-electron chi connectivity index (χ2n) is 6.16. The lowest BCUT2D eigenvalue weighted by Gasteiger charge is -2.16. The van der Waals surface area contributed by atoms with E-state index in [1.165, 1.54) is 0 Å². The van der Waals surface area contributed by atoms with Crippen LogP contribution in [-0.4, -0.2) is 31.3 Å². The number of imidazole rings is 1. The lowest BCUT2D eigenvalue weighted by Crippen LogP contribution is -2.22. The van der Waals surface area contributed by atoms with Gasteiger partial charge in [-0.25, -0.2) is 4.98 Å². The molecule has 3 rings (SSSR count). The van der Waals surface area contributed by atoms with Gasteiger partial charge in [0.15, 0.2) is 16.9 Å². The van der Waals surface area contributed by atoms with Crippen molar-refractivity contribution < 1.29 is 4.84 Å². The molecular formula is C13H17ClN6O. The average Bonchev–Trinajstić information content (AvgIpc) is 2.97. The quantitative estimate of drug-likeness (QED) is 0.859. The normalized spacial score (nSPS) is 18.9. The minimum atomic E-state index is -0.0356. The molecule has 0 radical (unpaired) electrons. The predicted octanol–water partition coefficient (Wildman–Crippen LogP) is 2.25. The van der Waals surface area contributed by atoms with Crippen molar-refractivity contribution in [1.82, 2.24) is 19.5 Å². The van der Waals surface area contributed by atoms with Crippen molar-refractivity contribution in [2.24, 2.45) is 10.6 Å². The van der Waals surface area contributed by atoms with Crippen LogP contribution in [0.15, 0.2) is 11.5 Å². The van der Waals surface area contributed by atoms with Gasteiger partial charge in [-0.15, -0.1) is 0 Å². The fourth-order valence-corrected chi connectivity index (χ4v) is 2.47. The molecule has 3 heterocycles. The Bertz CT molecular complexity index is 717. The highest BCUT2D eigenvalue weighted by molar-refractivity contribution is 6.33. The Hall–Kier alpha value is -1.89. The fourth-order valence-electron chi connectivity index (χ4n) is 2.25. The summed E-state index contributed by atoms with van der Waals surface area (Å²) in [6, 6.07) is 0. The number of halogens is 1. The van der Waals surface area contributed by atoms with Crippen LogP contribution in [-0.2, 0) is 11.4 Å². The van der Waals surface area contributed by atoms with Crippen LogP contribution in [0.3, 0.4) is 0 Å². The van der Waals surface area contributed by atoms with E-state index in [2.05, 4.69) is 40.9 Å². The Morgan fingerprint density at radius 3 is 2.86 bits per heavy atom. The zero-order valence-corrected chi connectivity index (χ0v) is 12.9. The number of hydrogen-bond donors (Lipinski definition) is 1. The molecule has 0 aliphatic carbocycles. The van der Waals surface area contributed by atoms with E-state index in [0.29, 0.717) is 17.7 Å². The van der Waals surface area contributed by atoms with Crippen molar-refractivity contribution in [2.45, 2.75) is 39.8 Å². The first-order valence-electron chi connectivity index (χ1n) is 6.71. The van der Waals surface area contributed by atoms with Gasteiger partial charge in [0.1, 0.15) is 5.52 Å². The molecule has 0 saturated carbocycles. The number of hydrogen-bond acceptors (Lipinski definition) is 6. The molecule has 8 heteroatoms. The van der Waals surface area contributed by atoms with Crippen LogP contribution >= 0.6 is 11.6 Å². The summed E-state index contributed by atoms with van der Waals surface area (Å²) in [4.78, 5) is 17.8. The van der Waals surface area contributed by atoms with Gasteiger partial charge in [-0.1, -0.05) is 37.5 Å². The smallest absolute Gasteiger partial charge is 0.223 e. The number of rotatable bonds is 2. The number of aromatic nitrogens is 4. The summed E-state index contributed by atoms with van der Waals surface area (Å²) >= 11 is 6.01. The minimum Gasteiger partial charge on any atom is -0.390 e. The van der Waals surface area contributed by atoms with Gasteiger partial charge in [0, 0.05) is 11.8 Å². The van der Waals surface area contributed by atoms with Crippen LogP contribution in [0.2, 0.25) is 5.15 Å². The SMILES string of the molecule is CC(C)(C)C1=NOC(Cn2cnc3c(Cl)nc(N)nc32)C1. The summed E-state index contributed by atoms with van der Waals surface area (Å²) in [6.45, 7) is 6.96. The van der Waals surface area contributed by atoms with Gasteiger partial charge in [0.25, 0.3) is 0 Å². The van der Waals surface area contributed by atoms with Crippen LogP contribution in [0.4, 0.5) is 5.95 Å². The number of nitrogens with zero attached hydrogens (tertiary/aromatic N) is 5. The molecule has 7 nitrogen and oxygen atoms in total. The van der Waals surface area contributed by atoms with Gasteiger partial charge >= 0.3 is 0 Å². The number of fused-ring (bicyclic) bond motifs is 1. The Balaban J connectivity index is 1.81. The number of nitrogen functional groups attached to an aromatic ring is 1. The molecule has 0 aromatic carbocycles. The zero-order chi connectivity index (χ0) is 15.2. The van der Waals surface area contributed by atoms with E-state index in [-0.39, 0.29) is 22.6 Å². The maximum absolute atomic E-state index is 6.01. The first kappa shape index (κ1) is 14.1. The largest absolute Gasteiger partial charge is 0.390 e. The lowest BCUT2D eigenvalue weighted by molar-refractivity contribution is 0.0731. The molecular weight excluding hydrogens is 292 g/mol. The standard InChI is InChI=1S/C13H17ClN6O/c1-13(2,3)8-4-7(21-19-8)5-20-6-16-9-10(14)17-12(15)18-11(9)20/h6-7H,4-5H2,1-3H3,(H2,15,17,18). The third kappa shape index (κ3) is 2.65. The maximum atomic E-state index is 6.01. The Labute approximate surface area is 127 Å². The van der Waals surface area contributed by atoms with Gasteiger partial charge in [0.2, 0.25) is 5.95 Å². The lowest BCUT2D eigenvalue weighted by atomic mass is 9.87. The molecule has 1 aliphatic heterocycles. The fraction of sp³-hybridized carbons (Fsp3) is 0.538. The Morgan fingerprint density at radius 1 is 1.43 bits per heavy atom. The van der Waals surface area contributed by atoms with Crippen LogP contribution in [0.1, 0.15) is 27.2 Å². The second kappa shape index (κ2) is 4.84. The summed E-state index contributed by atoms with van der Waals surface area (Å²) in [5, 5.41) is 4.44. The monoisotopic (exact) mass is 308 g/mol.